The van der Waals surface area contributed by atoms with Crippen LogP contribution in [-0.2, 0) is 6.54 Å². The molecule has 0 aliphatic heterocycles. The molecule has 1 heterocycles. The molecule has 104 valence electrons. The van der Waals surface area contributed by atoms with Crippen LogP contribution in [0.25, 0.3) is 0 Å². The molecule has 0 amide bonds. The SMILES string of the molecule is Cc1nc(Br)n(Cc2ccc([N+](=O)[O-])cc2)c1C(=O)O. The van der Waals surface area contributed by atoms with Crippen molar-refractivity contribution in [2.24, 2.45) is 0 Å². The van der Waals surface area contributed by atoms with Crippen molar-refractivity contribution in [3.63, 3.8) is 0 Å². The van der Waals surface area contributed by atoms with Crippen molar-refractivity contribution in [1.29, 1.82) is 0 Å². The highest BCUT2D eigenvalue weighted by atomic mass is 79.9. The summed E-state index contributed by atoms with van der Waals surface area (Å²) >= 11 is 3.21. The molecule has 0 saturated heterocycles. The fraction of sp³-hybridized carbons (Fsp3) is 0.167. The van der Waals surface area contributed by atoms with E-state index in [9.17, 15) is 20.0 Å². The molecule has 0 unspecified atom stereocenters. The van der Waals surface area contributed by atoms with Crippen LogP contribution in [0.3, 0.4) is 0 Å². The number of nitrogens with zero attached hydrogens (tertiary/aromatic N) is 3. The lowest BCUT2D eigenvalue weighted by Crippen LogP contribution is -2.11. The van der Waals surface area contributed by atoms with Gasteiger partial charge in [0.25, 0.3) is 5.69 Å². The normalized spacial score (nSPS) is 10.5. The highest BCUT2D eigenvalue weighted by Gasteiger charge is 2.19. The molecule has 2 aromatic rings. The number of hydrogen-bond acceptors (Lipinski definition) is 4. The summed E-state index contributed by atoms with van der Waals surface area (Å²) in [6.07, 6.45) is 0. The maximum atomic E-state index is 11.2. The van der Waals surface area contributed by atoms with Crippen molar-refractivity contribution in [3.8, 4) is 0 Å². The van der Waals surface area contributed by atoms with Crippen LogP contribution >= 0.6 is 15.9 Å². The van der Waals surface area contributed by atoms with Crippen molar-refractivity contribution in [3.05, 3.63) is 56.1 Å². The fourth-order valence-electron chi connectivity index (χ4n) is 1.86. The Kier molecular flexibility index (Phi) is 3.84. The summed E-state index contributed by atoms with van der Waals surface area (Å²) in [4.78, 5) is 25.4. The van der Waals surface area contributed by atoms with Crippen molar-refractivity contribution in [2.45, 2.75) is 13.5 Å². The van der Waals surface area contributed by atoms with E-state index in [1.165, 1.54) is 16.7 Å². The zero-order chi connectivity index (χ0) is 14.9. The van der Waals surface area contributed by atoms with Gasteiger partial charge < -0.3 is 9.67 Å². The topological polar surface area (TPSA) is 98.3 Å². The molecular formula is C12H10BrN3O4. The quantitative estimate of drug-likeness (QED) is 0.681. The molecule has 1 N–H and O–H groups in total. The Morgan fingerprint density at radius 2 is 2.05 bits per heavy atom. The monoisotopic (exact) mass is 339 g/mol. The molecule has 0 radical (unpaired) electrons. The fourth-order valence-corrected chi connectivity index (χ4v) is 2.43. The zero-order valence-electron chi connectivity index (χ0n) is 10.4. The number of aryl methyl sites for hydroxylation is 1. The van der Waals surface area contributed by atoms with Gasteiger partial charge in [-0.3, -0.25) is 10.1 Å². The van der Waals surface area contributed by atoms with Gasteiger partial charge in [-0.15, -0.1) is 0 Å². The number of carboxylic acids is 1. The maximum absolute atomic E-state index is 11.2. The number of nitro benzene ring substituents is 1. The Balaban J connectivity index is 2.35. The van der Waals surface area contributed by atoms with Crippen LogP contribution < -0.4 is 0 Å². The van der Waals surface area contributed by atoms with Gasteiger partial charge in [0.1, 0.15) is 0 Å². The number of aromatic nitrogens is 2. The molecular weight excluding hydrogens is 330 g/mol. The lowest BCUT2D eigenvalue weighted by atomic mass is 10.2. The van der Waals surface area contributed by atoms with E-state index >= 15 is 0 Å². The lowest BCUT2D eigenvalue weighted by molar-refractivity contribution is -0.384. The first-order valence-electron chi connectivity index (χ1n) is 5.59. The number of carbonyl (C=O) groups is 1. The van der Waals surface area contributed by atoms with Gasteiger partial charge in [0.05, 0.1) is 17.2 Å². The largest absolute Gasteiger partial charge is 0.477 e. The van der Waals surface area contributed by atoms with E-state index in [0.717, 1.165) is 5.56 Å². The predicted molar refractivity (Wildman–Crippen MR) is 73.8 cm³/mol. The number of hydrogen-bond donors (Lipinski definition) is 1. The summed E-state index contributed by atoms with van der Waals surface area (Å²) in [7, 11) is 0. The number of aromatic carboxylic acids is 1. The lowest BCUT2D eigenvalue weighted by Gasteiger charge is -2.07. The molecule has 8 heteroatoms. The van der Waals surface area contributed by atoms with Crippen LogP contribution in [0.15, 0.2) is 29.0 Å². The van der Waals surface area contributed by atoms with E-state index < -0.39 is 10.9 Å². The second kappa shape index (κ2) is 5.41. The van der Waals surface area contributed by atoms with Crippen LogP contribution in [0.5, 0.6) is 0 Å². The van der Waals surface area contributed by atoms with Gasteiger partial charge in [0, 0.05) is 12.1 Å². The van der Waals surface area contributed by atoms with Crippen molar-refractivity contribution >= 4 is 27.6 Å². The number of benzene rings is 1. The van der Waals surface area contributed by atoms with E-state index in [1.807, 2.05) is 0 Å². The van der Waals surface area contributed by atoms with E-state index in [4.69, 9.17) is 0 Å². The van der Waals surface area contributed by atoms with Gasteiger partial charge in [-0.2, -0.15) is 0 Å². The first kappa shape index (κ1) is 14.2. The molecule has 0 saturated carbocycles. The van der Waals surface area contributed by atoms with Gasteiger partial charge >= 0.3 is 5.97 Å². The molecule has 1 aromatic carbocycles. The average molecular weight is 340 g/mol. The summed E-state index contributed by atoms with van der Waals surface area (Å²) in [6.45, 7) is 1.88. The number of non-ortho nitro benzene ring substituents is 1. The Morgan fingerprint density at radius 1 is 1.45 bits per heavy atom. The van der Waals surface area contributed by atoms with Crippen LogP contribution in [0, 0.1) is 17.0 Å². The summed E-state index contributed by atoms with van der Waals surface area (Å²) < 4.78 is 1.91. The minimum absolute atomic E-state index is 0.00640. The Bertz CT molecular complexity index is 679. The van der Waals surface area contributed by atoms with Crippen molar-refractivity contribution < 1.29 is 14.8 Å². The predicted octanol–water partition coefficient (Wildman–Crippen LogP) is 2.61. The minimum Gasteiger partial charge on any atom is -0.477 e. The Labute approximate surface area is 122 Å². The van der Waals surface area contributed by atoms with Gasteiger partial charge in [0.15, 0.2) is 10.4 Å². The molecule has 0 atom stereocenters. The molecule has 20 heavy (non-hydrogen) atoms. The summed E-state index contributed by atoms with van der Waals surface area (Å²) in [5.41, 5.74) is 1.24. The summed E-state index contributed by atoms with van der Waals surface area (Å²) in [5.74, 6) is -1.07. The second-order valence-corrected chi connectivity index (χ2v) is 4.84. The third kappa shape index (κ3) is 2.69. The molecule has 0 aliphatic carbocycles. The third-order valence-corrected chi connectivity index (χ3v) is 3.39. The number of nitro groups is 1. The maximum Gasteiger partial charge on any atom is 0.354 e. The third-order valence-electron chi connectivity index (χ3n) is 2.79. The van der Waals surface area contributed by atoms with Gasteiger partial charge in [-0.25, -0.2) is 9.78 Å². The molecule has 7 nitrogen and oxygen atoms in total. The highest BCUT2D eigenvalue weighted by molar-refractivity contribution is 9.10. The van der Waals surface area contributed by atoms with Gasteiger partial charge in [-0.05, 0) is 28.4 Å². The van der Waals surface area contributed by atoms with E-state index in [1.54, 1.807) is 19.1 Å². The van der Waals surface area contributed by atoms with E-state index in [-0.39, 0.29) is 17.9 Å². The van der Waals surface area contributed by atoms with E-state index in [2.05, 4.69) is 20.9 Å². The Morgan fingerprint density at radius 3 is 2.55 bits per heavy atom. The molecule has 0 fully saturated rings. The highest BCUT2D eigenvalue weighted by Crippen LogP contribution is 2.20. The first-order valence-corrected chi connectivity index (χ1v) is 6.38. The minimum atomic E-state index is -1.07. The standard InChI is InChI=1S/C12H10BrN3O4/c1-7-10(11(17)18)15(12(13)14-7)6-8-2-4-9(5-3-8)16(19)20/h2-5H,6H2,1H3,(H,17,18). The van der Waals surface area contributed by atoms with Crippen LogP contribution in [0.4, 0.5) is 5.69 Å². The number of carboxylic acid groups (broad SMARTS) is 1. The zero-order valence-corrected chi connectivity index (χ0v) is 12.0. The summed E-state index contributed by atoms with van der Waals surface area (Å²) in [6, 6.07) is 5.94. The first-order chi connectivity index (χ1) is 9.40. The molecule has 0 spiro atoms. The smallest absolute Gasteiger partial charge is 0.354 e. The number of rotatable bonds is 4. The summed E-state index contributed by atoms with van der Waals surface area (Å²) in [5, 5.41) is 19.8. The van der Waals surface area contributed by atoms with Crippen LogP contribution in [0.2, 0.25) is 0 Å². The second-order valence-electron chi connectivity index (χ2n) is 4.13. The van der Waals surface area contributed by atoms with Crippen LogP contribution in [0.1, 0.15) is 21.7 Å². The van der Waals surface area contributed by atoms with E-state index in [0.29, 0.717) is 10.4 Å². The van der Waals surface area contributed by atoms with Crippen LogP contribution in [-0.4, -0.2) is 25.6 Å². The Hall–Kier alpha value is -2.22. The van der Waals surface area contributed by atoms with Crippen molar-refractivity contribution in [1.82, 2.24) is 9.55 Å². The molecule has 1 aromatic heterocycles. The molecule has 2 rings (SSSR count). The van der Waals surface area contributed by atoms with Crippen molar-refractivity contribution in [2.75, 3.05) is 0 Å². The van der Waals surface area contributed by atoms with Gasteiger partial charge in [0.2, 0.25) is 0 Å². The molecule has 0 bridgehead atoms. The molecule has 0 aliphatic rings. The number of halogens is 1. The average Bonchev–Trinajstić information content (AvgIpc) is 2.64. The number of imidazole rings is 1. The van der Waals surface area contributed by atoms with Gasteiger partial charge in [-0.1, -0.05) is 12.1 Å².